The quantitative estimate of drug-likeness (QED) is 0.658. The third kappa shape index (κ3) is 3.40. The lowest BCUT2D eigenvalue weighted by atomic mass is 10.0. The van der Waals surface area contributed by atoms with Crippen molar-refractivity contribution >= 4 is 34.8 Å². The average molecular weight is 335 g/mol. The van der Waals surface area contributed by atoms with E-state index in [-0.39, 0.29) is 11.4 Å². The van der Waals surface area contributed by atoms with E-state index in [1.54, 1.807) is 18.2 Å². The summed E-state index contributed by atoms with van der Waals surface area (Å²) in [5.74, 6) is 5.04. The van der Waals surface area contributed by atoms with E-state index in [0.29, 0.717) is 21.3 Å². The maximum absolute atomic E-state index is 13.9. The summed E-state index contributed by atoms with van der Waals surface area (Å²) in [6.07, 6.45) is 1.72. The highest BCUT2D eigenvalue weighted by Crippen LogP contribution is 2.27. The van der Waals surface area contributed by atoms with Crippen LogP contribution in [0.25, 0.3) is 0 Å². The van der Waals surface area contributed by atoms with Crippen LogP contribution in [0.2, 0.25) is 15.1 Å². The van der Waals surface area contributed by atoms with Crippen molar-refractivity contribution in [3.63, 3.8) is 0 Å². The Balaban J connectivity index is 2.31. The van der Waals surface area contributed by atoms with Gasteiger partial charge in [0.2, 0.25) is 0 Å². The fourth-order valence-corrected chi connectivity index (χ4v) is 2.55. The van der Waals surface area contributed by atoms with Crippen LogP contribution in [0.1, 0.15) is 17.3 Å². The van der Waals surface area contributed by atoms with E-state index in [4.69, 9.17) is 40.6 Å². The standard InChI is InChI=1S/C13H11Cl3FN3/c14-8-5-10(16)13(19-6-8)11(20-18)4-7-2-1-3-9(15)12(7)17/h1-3,5-6,11,20H,4,18H2. The van der Waals surface area contributed by atoms with Crippen molar-refractivity contribution < 1.29 is 4.39 Å². The van der Waals surface area contributed by atoms with Crippen LogP contribution in [0.15, 0.2) is 30.5 Å². The van der Waals surface area contributed by atoms with Crippen LogP contribution in [0, 0.1) is 5.82 Å². The Kier molecular flexibility index (Phi) is 5.18. The minimum Gasteiger partial charge on any atom is -0.271 e. The second-order valence-electron chi connectivity index (χ2n) is 4.16. The predicted octanol–water partition coefficient (Wildman–Crippen LogP) is 3.93. The number of rotatable bonds is 4. The molecule has 0 spiro atoms. The number of nitrogens with one attached hydrogen (secondary N) is 1. The fourth-order valence-electron chi connectivity index (χ4n) is 1.84. The second kappa shape index (κ2) is 6.70. The highest BCUT2D eigenvalue weighted by atomic mass is 35.5. The van der Waals surface area contributed by atoms with Gasteiger partial charge in [-0.05, 0) is 24.1 Å². The van der Waals surface area contributed by atoms with Crippen molar-refractivity contribution in [3.8, 4) is 0 Å². The highest BCUT2D eigenvalue weighted by Gasteiger charge is 2.18. The molecule has 0 amide bonds. The molecular weight excluding hydrogens is 324 g/mol. The van der Waals surface area contributed by atoms with Gasteiger partial charge in [-0.3, -0.25) is 16.3 Å². The van der Waals surface area contributed by atoms with Gasteiger partial charge in [0.1, 0.15) is 5.82 Å². The monoisotopic (exact) mass is 333 g/mol. The van der Waals surface area contributed by atoms with E-state index >= 15 is 0 Å². The van der Waals surface area contributed by atoms with Crippen molar-refractivity contribution in [2.75, 3.05) is 0 Å². The number of halogens is 4. The Labute approximate surface area is 130 Å². The predicted molar refractivity (Wildman–Crippen MR) is 79.4 cm³/mol. The first-order valence-electron chi connectivity index (χ1n) is 5.73. The van der Waals surface area contributed by atoms with Crippen LogP contribution in [0.3, 0.4) is 0 Å². The van der Waals surface area contributed by atoms with E-state index in [0.717, 1.165) is 0 Å². The maximum atomic E-state index is 13.9. The molecule has 0 radical (unpaired) electrons. The molecule has 1 unspecified atom stereocenters. The molecule has 20 heavy (non-hydrogen) atoms. The van der Waals surface area contributed by atoms with E-state index in [1.807, 2.05) is 0 Å². The molecular formula is C13H11Cl3FN3. The van der Waals surface area contributed by atoms with E-state index < -0.39 is 11.9 Å². The number of hydrazine groups is 1. The number of hydrogen-bond donors (Lipinski definition) is 2. The Morgan fingerprint density at radius 3 is 2.65 bits per heavy atom. The van der Waals surface area contributed by atoms with Gasteiger partial charge >= 0.3 is 0 Å². The summed E-state index contributed by atoms with van der Waals surface area (Å²) in [6, 6.07) is 5.90. The topological polar surface area (TPSA) is 50.9 Å². The SMILES string of the molecule is NNC(Cc1cccc(Cl)c1F)c1ncc(Cl)cc1Cl. The summed E-state index contributed by atoms with van der Waals surface area (Å²) in [5.41, 5.74) is 3.50. The molecule has 1 atom stereocenters. The third-order valence-electron chi connectivity index (χ3n) is 2.82. The summed E-state index contributed by atoms with van der Waals surface area (Å²) < 4.78 is 13.9. The van der Waals surface area contributed by atoms with Crippen LogP contribution < -0.4 is 11.3 Å². The Hall–Kier alpha value is -0.910. The number of hydrogen-bond acceptors (Lipinski definition) is 3. The van der Waals surface area contributed by atoms with Crippen molar-refractivity contribution in [1.29, 1.82) is 0 Å². The molecule has 106 valence electrons. The minimum absolute atomic E-state index is 0.0634. The van der Waals surface area contributed by atoms with Gasteiger partial charge in [0.05, 0.1) is 26.8 Å². The summed E-state index contributed by atoms with van der Waals surface area (Å²) in [5, 5.41) is 0.847. The maximum Gasteiger partial charge on any atom is 0.145 e. The van der Waals surface area contributed by atoms with Gasteiger partial charge in [-0.2, -0.15) is 0 Å². The van der Waals surface area contributed by atoms with Crippen LogP contribution in [0.5, 0.6) is 0 Å². The summed E-state index contributed by atoms with van der Waals surface area (Å²) in [6.45, 7) is 0. The van der Waals surface area contributed by atoms with Crippen LogP contribution in [-0.4, -0.2) is 4.98 Å². The lowest BCUT2D eigenvalue weighted by molar-refractivity contribution is 0.519. The third-order valence-corrected chi connectivity index (χ3v) is 3.62. The van der Waals surface area contributed by atoms with Gasteiger partial charge in [0.15, 0.2) is 0 Å². The number of nitrogens with zero attached hydrogens (tertiary/aromatic N) is 1. The molecule has 1 aromatic carbocycles. The lowest BCUT2D eigenvalue weighted by Gasteiger charge is -2.17. The Morgan fingerprint density at radius 1 is 1.25 bits per heavy atom. The number of aromatic nitrogens is 1. The smallest absolute Gasteiger partial charge is 0.145 e. The molecule has 1 aromatic heterocycles. The minimum atomic E-state index is -0.473. The Morgan fingerprint density at radius 2 is 2.00 bits per heavy atom. The molecule has 3 N–H and O–H groups in total. The molecule has 0 aliphatic heterocycles. The van der Waals surface area contributed by atoms with Gasteiger partial charge < -0.3 is 0 Å². The molecule has 0 aliphatic rings. The highest BCUT2D eigenvalue weighted by molar-refractivity contribution is 6.34. The first kappa shape index (κ1) is 15.5. The number of benzene rings is 1. The normalized spacial score (nSPS) is 12.4. The summed E-state index contributed by atoms with van der Waals surface area (Å²) in [4.78, 5) is 4.14. The van der Waals surface area contributed by atoms with Crippen molar-refractivity contribution in [1.82, 2.24) is 10.4 Å². The molecule has 0 fully saturated rings. The van der Waals surface area contributed by atoms with Crippen molar-refractivity contribution in [2.24, 2.45) is 5.84 Å². The van der Waals surface area contributed by atoms with Gasteiger partial charge in [-0.1, -0.05) is 46.9 Å². The van der Waals surface area contributed by atoms with E-state index in [1.165, 1.54) is 12.3 Å². The zero-order chi connectivity index (χ0) is 14.7. The van der Waals surface area contributed by atoms with Gasteiger partial charge in [0.25, 0.3) is 0 Å². The molecule has 2 aromatic rings. The van der Waals surface area contributed by atoms with Crippen LogP contribution in [0.4, 0.5) is 4.39 Å². The number of pyridine rings is 1. The second-order valence-corrected chi connectivity index (χ2v) is 5.41. The zero-order valence-electron chi connectivity index (χ0n) is 10.2. The fraction of sp³-hybridized carbons (Fsp3) is 0.154. The van der Waals surface area contributed by atoms with Gasteiger partial charge in [-0.25, -0.2) is 4.39 Å². The van der Waals surface area contributed by atoms with Crippen LogP contribution >= 0.6 is 34.8 Å². The molecule has 1 heterocycles. The Bertz CT molecular complexity index is 622. The van der Waals surface area contributed by atoms with Crippen molar-refractivity contribution in [3.05, 3.63) is 62.6 Å². The number of nitrogens with two attached hydrogens (primary N) is 1. The van der Waals surface area contributed by atoms with E-state index in [9.17, 15) is 4.39 Å². The molecule has 7 heteroatoms. The largest absolute Gasteiger partial charge is 0.271 e. The van der Waals surface area contributed by atoms with Crippen molar-refractivity contribution in [2.45, 2.75) is 12.5 Å². The summed E-state index contributed by atoms with van der Waals surface area (Å²) >= 11 is 17.6. The van der Waals surface area contributed by atoms with Gasteiger partial charge in [-0.15, -0.1) is 0 Å². The molecule has 0 aliphatic carbocycles. The molecule has 0 bridgehead atoms. The first-order valence-corrected chi connectivity index (χ1v) is 6.86. The first-order chi connectivity index (χ1) is 9.52. The van der Waals surface area contributed by atoms with Crippen LogP contribution in [-0.2, 0) is 6.42 Å². The summed E-state index contributed by atoms with van der Waals surface area (Å²) in [7, 11) is 0. The van der Waals surface area contributed by atoms with Gasteiger partial charge in [0, 0.05) is 6.20 Å². The lowest BCUT2D eigenvalue weighted by Crippen LogP contribution is -2.30. The zero-order valence-corrected chi connectivity index (χ0v) is 12.5. The molecule has 3 nitrogen and oxygen atoms in total. The van der Waals surface area contributed by atoms with E-state index in [2.05, 4.69) is 10.4 Å². The average Bonchev–Trinajstić information content (AvgIpc) is 2.41. The molecule has 0 saturated heterocycles. The molecule has 0 saturated carbocycles. The molecule has 2 rings (SSSR count).